The first-order valence-electron chi connectivity index (χ1n) is 5.55. The lowest BCUT2D eigenvalue weighted by Crippen LogP contribution is -2.26. The van der Waals surface area contributed by atoms with Gasteiger partial charge in [-0.25, -0.2) is 0 Å². The molecule has 4 nitrogen and oxygen atoms in total. The Morgan fingerprint density at radius 3 is 2.69 bits per heavy atom. The zero-order valence-corrected chi connectivity index (χ0v) is 10.2. The maximum atomic E-state index is 10.6. The fraction of sp³-hybridized carbons (Fsp3) is 0.750. The monoisotopic (exact) mass is 230 g/mol. The van der Waals surface area contributed by atoms with Gasteiger partial charge in [0.1, 0.15) is 12.7 Å². The molecule has 16 heavy (non-hydrogen) atoms. The van der Waals surface area contributed by atoms with Gasteiger partial charge in [0, 0.05) is 20.6 Å². The first kappa shape index (κ1) is 15.1. The lowest BCUT2D eigenvalue weighted by molar-refractivity contribution is -0.146. The SMILES string of the molecule is C=CCCCCOC(COC)COC(C)=O. The van der Waals surface area contributed by atoms with Crippen LogP contribution in [0.5, 0.6) is 0 Å². The summed E-state index contributed by atoms with van der Waals surface area (Å²) in [5.41, 5.74) is 0. The van der Waals surface area contributed by atoms with Crippen LogP contribution in [0.2, 0.25) is 0 Å². The molecule has 0 aromatic heterocycles. The van der Waals surface area contributed by atoms with Gasteiger partial charge in [-0.05, 0) is 19.3 Å². The molecule has 0 aliphatic rings. The van der Waals surface area contributed by atoms with Crippen LogP contribution in [0.3, 0.4) is 0 Å². The van der Waals surface area contributed by atoms with Crippen LogP contribution in [-0.4, -0.2) is 39.0 Å². The molecule has 0 N–H and O–H groups in total. The van der Waals surface area contributed by atoms with E-state index in [1.165, 1.54) is 6.92 Å². The fourth-order valence-electron chi connectivity index (χ4n) is 1.18. The number of ether oxygens (including phenoxy) is 3. The van der Waals surface area contributed by atoms with Gasteiger partial charge in [0.15, 0.2) is 0 Å². The third-order valence-corrected chi connectivity index (χ3v) is 1.98. The summed E-state index contributed by atoms with van der Waals surface area (Å²) in [6, 6.07) is 0. The number of carbonyl (C=O) groups excluding carboxylic acids is 1. The molecular weight excluding hydrogens is 208 g/mol. The highest BCUT2D eigenvalue weighted by molar-refractivity contribution is 5.65. The van der Waals surface area contributed by atoms with E-state index in [0.29, 0.717) is 13.2 Å². The molecule has 1 unspecified atom stereocenters. The molecule has 0 saturated heterocycles. The first-order chi connectivity index (χ1) is 7.70. The van der Waals surface area contributed by atoms with Gasteiger partial charge in [-0.15, -0.1) is 6.58 Å². The Labute approximate surface area is 97.6 Å². The predicted octanol–water partition coefficient (Wildman–Crippen LogP) is 1.94. The van der Waals surface area contributed by atoms with Gasteiger partial charge < -0.3 is 14.2 Å². The van der Waals surface area contributed by atoms with E-state index in [2.05, 4.69) is 6.58 Å². The first-order valence-corrected chi connectivity index (χ1v) is 5.55. The summed E-state index contributed by atoms with van der Waals surface area (Å²) in [6.07, 6.45) is 4.77. The molecule has 0 fully saturated rings. The summed E-state index contributed by atoms with van der Waals surface area (Å²) >= 11 is 0. The van der Waals surface area contributed by atoms with E-state index in [4.69, 9.17) is 14.2 Å². The van der Waals surface area contributed by atoms with E-state index in [0.717, 1.165) is 19.3 Å². The van der Waals surface area contributed by atoms with Crippen molar-refractivity contribution in [1.29, 1.82) is 0 Å². The number of methoxy groups -OCH3 is 1. The second kappa shape index (κ2) is 10.6. The lowest BCUT2D eigenvalue weighted by atomic mass is 10.2. The third-order valence-electron chi connectivity index (χ3n) is 1.98. The molecule has 94 valence electrons. The van der Waals surface area contributed by atoms with E-state index in [1.807, 2.05) is 6.08 Å². The second-order valence-electron chi connectivity index (χ2n) is 3.54. The van der Waals surface area contributed by atoms with Crippen LogP contribution in [0.1, 0.15) is 26.2 Å². The molecule has 0 aliphatic carbocycles. The number of rotatable bonds is 10. The largest absolute Gasteiger partial charge is 0.463 e. The molecule has 0 aliphatic heterocycles. The van der Waals surface area contributed by atoms with E-state index in [1.54, 1.807) is 7.11 Å². The summed E-state index contributed by atoms with van der Waals surface area (Å²) < 4.78 is 15.4. The standard InChI is InChI=1S/C12H22O4/c1-4-5-6-7-8-15-12(9-14-3)10-16-11(2)13/h4,12H,1,5-10H2,2-3H3. The molecule has 0 amide bonds. The van der Waals surface area contributed by atoms with Crippen molar-refractivity contribution in [3.63, 3.8) is 0 Å². The van der Waals surface area contributed by atoms with Gasteiger partial charge in [-0.2, -0.15) is 0 Å². The summed E-state index contributed by atoms with van der Waals surface area (Å²) in [5.74, 6) is -0.295. The average Bonchev–Trinajstić information content (AvgIpc) is 2.25. The van der Waals surface area contributed by atoms with Gasteiger partial charge in [-0.1, -0.05) is 6.08 Å². The molecule has 0 aromatic rings. The van der Waals surface area contributed by atoms with Crippen molar-refractivity contribution >= 4 is 5.97 Å². The number of hydrogen-bond acceptors (Lipinski definition) is 4. The van der Waals surface area contributed by atoms with Crippen molar-refractivity contribution in [2.75, 3.05) is 26.9 Å². The minimum absolute atomic E-state index is 0.169. The van der Waals surface area contributed by atoms with Crippen molar-refractivity contribution < 1.29 is 19.0 Å². The van der Waals surface area contributed by atoms with Crippen LogP contribution in [-0.2, 0) is 19.0 Å². The lowest BCUT2D eigenvalue weighted by Gasteiger charge is -2.16. The average molecular weight is 230 g/mol. The molecule has 1 atom stereocenters. The maximum Gasteiger partial charge on any atom is 0.302 e. The molecule has 0 saturated carbocycles. The third kappa shape index (κ3) is 9.68. The Morgan fingerprint density at radius 2 is 2.12 bits per heavy atom. The van der Waals surface area contributed by atoms with Crippen LogP contribution >= 0.6 is 0 Å². The summed E-state index contributed by atoms with van der Waals surface area (Å²) in [7, 11) is 1.60. The van der Waals surface area contributed by atoms with E-state index in [-0.39, 0.29) is 18.7 Å². The molecule has 0 radical (unpaired) electrons. The molecular formula is C12H22O4. The van der Waals surface area contributed by atoms with Crippen molar-refractivity contribution in [3.05, 3.63) is 12.7 Å². The molecule has 0 heterocycles. The highest BCUT2D eigenvalue weighted by Gasteiger charge is 2.10. The van der Waals surface area contributed by atoms with Gasteiger partial charge in [0.05, 0.1) is 6.61 Å². The number of hydrogen-bond donors (Lipinski definition) is 0. The topological polar surface area (TPSA) is 44.8 Å². The predicted molar refractivity (Wildman–Crippen MR) is 62.3 cm³/mol. The van der Waals surface area contributed by atoms with E-state index < -0.39 is 0 Å². The van der Waals surface area contributed by atoms with Crippen molar-refractivity contribution in [2.45, 2.75) is 32.3 Å². The van der Waals surface area contributed by atoms with E-state index in [9.17, 15) is 4.79 Å². The maximum absolute atomic E-state index is 10.6. The normalized spacial score (nSPS) is 12.1. The Morgan fingerprint density at radius 1 is 1.38 bits per heavy atom. The quantitative estimate of drug-likeness (QED) is 0.327. The fourth-order valence-corrected chi connectivity index (χ4v) is 1.18. The Kier molecular flexibility index (Phi) is 10.1. The highest BCUT2D eigenvalue weighted by Crippen LogP contribution is 2.00. The molecule has 4 heteroatoms. The van der Waals surface area contributed by atoms with Crippen LogP contribution in [0.25, 0.3) is 0 Å². The summed E-state index contributed by atoms with van der Waals surface area (Å²) in [4.78, 5) is 10.6. The minimum atomic E-state index is -0.295. The molecule has 0 bridgehead atoms. The van der Waals surface area contributed by atoms with Crippen LogP contribution in [0.4, 0.5) is 0 Å². The smallest absolute Gasteiger partial charge is 0.302 e. The van der Waals surface area contributed by atoms with Gasteiger partial charge in [-0.3, -0.25) is 4.79 Å². The van der Waals surface area contributed by atoms with Crippen molar-refractivity contribution in [3.8, 4) is 0 Å². The van der Waals surface area contributed by atoms with E-state index >= 15 is 0 Å². The van der Waals surface area contributed by atoms with Crippen LogP contribution in [0, 0.1) is 0 Å². The van der Waals surface area contributed by atoms with Gasteiger partial charge >= 0.3 is 5.97 Å². The number of carbonyl (C=O) groups is 1. The molecule has 0 spiro atoms. The van der Waals surface area contributed by atoms with Crippen molar-refractivity contribution in [2.24, 2.45) is 0 Å². The number of unbranched alkanes of at least 4 members (excludes halogenated alkanes) is 2. The van der Waals surface area contributed by atoms with Crippen molar-refractivity contribution in [1.82, 2.24) is 0 Å². The van der Waals surface area contributed by atoms with Gasteiger partial charge in [0.2, 0.25) is 0 Å². The highest BCUT2D eigenvalue weighted by atomic mass is 16.6. The van der Waals surface area contributed by atoms with Crippen LogP contribution in [0.15, 0.2) is 12.7 Å². The number of esters is 1. The Balaban J connectivity index is 3.58. The summed E-state index contributed by atoms with van der Waals surface area (Å²) in [5, 5.41) is 0. The molecule has 0 rings (SSSR count). The number of allylic oxidation sites excluding steroid dienone is 1. The Hall–Kier alpha value is -0.870. The molecule has 0 aromatic carbocycles. The second-order valence-corrected chi connectivity index (χ2v) is 3.54. The van der Waals surface area contributed by atoms with Gasteiger partial charge in [0.25, 0.3) is 0 Å². The zero-order chi connectivity index (χ0) is 12.2. The minimum Gasteiger partial charge on any atom is -0.463 e. The summed E-state index contributed by atoms with van der Waals surface area (Å²) in [6.45, 7) is 6.39. The van der Waals surface area contributed by atoms with Crippen LogP contribution < -0.4 is 0 Å². The Bertz CT molecular complexity index is 191. The zero-order valence-electron chi connectivity index (χ0n) is 10.2.